The van der Waals surface area contributed by atoms with Crippen molar-refractivity contribution in [3.8, 4) is 0 Å². The molecule has 0 aromatic rings. The van der Waals surface area contributed by atoms with Crippen LogP contribution in [0.1, 0.15) is 25.7 Å². The van der Waals surface area contributed by atoms with Gasteiger partial charge in [0.25, 0.3) is 0 Å². The van der Waals surface area contributed by atoms with Crippen molar-refractivity contribution in [1.82, 2.24) is 0 Å². The summed E-state index contributed by atoms with van der Waals surface area (Å²) in [7, 11) is 0. The van der Waals surface area contributed by atoms with Gasteiger partial charge in [-0.05, 0) is 23.9 Å². The molecule has 0 fully saturated rings. The number of carboxylic acids is 2. The molecule has 0 radical (unpaired) electrons. The molecule has 0 spiro atoms. The second kappa shape index (κ2) is 14.6. The van der Waals surface area contributed by atoms with Crippen LogP contribution in [0.4, 0.5) is 0 Å². The highest BCUT2D eigenvalue weighted by Gasteiger charge is 2.00. The van der Waals surface area contributed by atoms with Crippen LogP contribution in [0.15, 0.2) is 10.2 Å². The summed E-state index contributed by atoms with van der Waals surface area (Å²) in [6, 6.07) is 0. The molecule has 0 unspecified atom stereocenters. The highest BCUT2D eigenvalue weighted by Crippen LogP contribution is 1.90. The highest BCUT2D eigenvalue weighted by molar-refractivity contribution is 5.75. The summed E-state index contributed by atoms with van der Waals surface area (Å²) in [4.78, 5) is 24.4. The third-order valence-electron chi connectivity index (χ3n) is 1.45. The smallest absolute Gasteiger partial charge is 0.303 e. The molecule has 0 heterocycles. The number of aliphatic carboxylic acids is 2. The molecule has 100 valence electrons. The van der Waals surface area contributed by atoms with Gasteiger partial charge in [-0.1, -0.05) is 10.2 Å². The molecule has 0 atom stereocenters. The number of unbranched alkanes of at least 4 members (excludes halogenated alkanes) is 1. The minimum absolute atomic E-state index is 0.296. The SMILES string of the molecule is O=C(O)CCC(=O)O.[N-]=[N+]=NCCCCN=[N+]=[N-]. The van der Waals surface area contributed by atoms with E-state index in [4.69, 9.17) is 21.3 Å². The van der Waals surface area contributed by atoms with E-state index in [2.05, 4.69) is 20.1 Å². The van der Waals surface area contributed by atoms with Crippen molar-refractivity contribution < 1.29 is 19.8 Å². The van der Waals surface area contributed by atoms with E-state index in [9.17, 15) is 9.59 Å². The van der Waals surface area contributed by atoms with E-state index < -0.39 is 11.9 Å². The van der Waals surface area contributed by atoms with Gasteiger partial charge in [-0.25, -0.2) is 0 Å². The molecule has 10 nitrogen and oxygen atoms in total. The molecule has 0 amide bonds. The highest BCUT2D eigenvalue weighted by atomic mass is 16.4. The van der Waals surface area contributed by atoms with Crippen LogP contribution in [0, 0.1) is 0 Å². The lowest BCUT2D eigenvalue weighted by molar-refractivity contribution is -0.143. The first kappa shape index (κ1) is 17.9. The van der Waals surface area contributed by atoms with Gasteiger partial charge in [0.1, 0.15) is 0 Å². The molecule has 0 saturated carbocycles. The molecule has 0 saturated heterocycles. The second-order valence-electron chi connectivity index (χ2n) is 2.90. The maximum Gasteiger partial charge on any atom is 0.303 e. The Bertz CT molecular complexity index is 311. The zero-order valence-electron chi connectivity index (χ0n) is 9.64. The number of carbonyl (C=O) groups is 2. The predicted molar refractivity (Wildman–Crippen MR) is 61.8 cm³/mol. The van der Waals surface area contributed by atoms with Gasteiger partial charge >= 0.3 is 11.9 Å². The van der Waals surface area contributed by atoms with Gasteiger partial charge in [0.2, 0.25) is 0 Å². The number of rotatable bonds is 8. The Balaban J connectivity index is 0. The summed E-state index contributed by atoms with van der Waals surface area (Å²) in [6.07, 6.45) is 0.969. The molecule has 0 rings (SSSR count). The molecular weight excluding hydrogens is 244 g/mol. The third kappa shape index (κ3) is 23.4. The molecule has 18 heavy (non-hydrogen) atoms. The molecule has 0 aliphatic carbocycles. The Morgan fingerprint density at radius 2 is 1.22 bits per heavy atom. The van der Waals surface area contributed by atoms with Crippen LogP contribution in [0.2, 0.25) is 0 Å². The van der Waals surface area contributed by atoms with Crippen LogP contribution < -0.4 is 0 Å². The van der Waals surface area contributed by atoms with E-state index in [1.807, 2.05) is 0 Å². The van der Waals surface area contributed by atoms with Gasteiger partial charge in [0.15, 0.2) is 0 Å². The maximum atomic E-state index is 9.64. The summed E-state index contributed by atoms with van der Waals surface area (Å²) < 4.78 is 0. The van der Waals surface area contributed by atoms with Crippen LogP contribution in [-0.4, -0.2) is 35.2 Å². The number of hydrogen-bond donors (Lipinski definition) is 2. The van der Waals surface area contributed by atoms with Crippen LogP contribution >= 0.6 is 0 Å². The van der Waals surface area contributed by atoms with Crippen molar-refractivity contribution in [2.24, 2.45) is 10.2 Å². The minimum Gasteiger partial charge on any atom is -0.481 e. The van der Waals surface area contributed by atoms with Gasteiger partial charge in [0, 0.05) is 22.9 Å². The monoisotopic (exact) mass is 258 g/mol. The lowest BCUT2D eigenvalue weighted by Crippen LogP contribution is -2.00. The first-order valence-corrected chi connectivity index (χ1v) is 5.00. The molecule has 0 bridgehead atoms. The molecule has 10 heteroatoms. The Labute approximate surface area is 102 Å². The van der Waals surface area contributed by atoms with Crippen molar-refractivity contribution in [1.29, 1.82) is 0 Å². The quantitative estimate of drug-likeness (QED) is 0.294. The van der Waals surface area contributed by atoms with E-state index in [1.54, 1.807) is 0 Å². The Morgan fingerprint density at radius 3 is 1.44 bits per heavy atom. The summed E-state index contributed by atoms with van der Waals surface area (Å²) >= 11 is 0. The zero-order chi connectivity index (χ0) is 14.2. The Morgan fingerprint density at radius 1 is 0.889 bits per heavy atom. The molecular formula is C8H14N6O4. The van der Waals surface area contributed by atoms with Crippen molar-refractivity contribution in [2.45, 2.75) is 25.7 Å². The zero-order valence-corrected chi connectivity index (χ0v) is 9.64. The summed E-state index contributed by atoms with van der Waals surface area (Å²) in [5.41, 5.74) is 15.7. The number of hydrogen-bond acceptors (Lipinski definition) is 4. The molecule has 0 aromatic carbocycles. The number of carboxylic acid groups (broad SMARTS) is 2. The summed E-state index contributed by atoms with van der Waals surface area (Å²) in [5, 5.41) is 22.4. The van der Waals surface area contributed by atoms with E-state index in [1.165, 1.54) is 0 Å². The predicted octanol–water partition coefficient (Wildman–Crippen LogP) is 2.32. The van der Waals surface area contributed by atoms with Gasteiger partial charge in [-0.15, -0.1) is 0 Å². The van der Waals surface area contributed by atoms with E-state index >= 15 is 0 Å². The standard InChI is InChI=1S/C4H8N6.C4H6O4/c5-9-7-3-1-2-4-8-10-6;5-3(6)1-2-4(7)8/h1-4H2;1-2H2,(H,5,6)(H,7,8). The fourth-order valence-corrected chi connectivity index (χ4v) is 0.668. The largest absolute Gasteiger partial charge is 0.481 e. The first-order chi connectivity index (χ1) is 8.54. The van der Waals surface area contributed by atoms with Gasteiger partial charge in [-0.3, -0.25) is 9.59 Å². The van der Waals surface area contributed by atoms with E-state index in [-0.39, 0.29) is 12.8 Å². The molecule has 0 aromatic heterocycles. The van der Waals surface area contributed by atoms with Crippen molar-refractivity contribution in [2.75, 3.05) is 13.1 Å². The number of azide groups is 2. The fourth-order valence-electron chi connectivity index (χ4n) is 0.668. The second-order valence-corrected chi connectivity index (χ2v) is 2.90. The average molecular weight is 258 g/mol. The average Bonchev–Trinajstić information content (AvgIpc) is 2.32. The van der Waals surface area contributed by atoms with Crippen LogP contribution in [-0.2, 0) is 9.59 Å². The van der Waals surface area contributed by atoms with Gasteiger partial charge < -0.3 is 10.2 Å². The molecule has 2 N–H and O–H groups in total. The first-order valence-electron chi connectivity index (χ1n) is 5.00. The van der Waals surface area contributed by atoms with Gasteiger partial charge in [0.05, 0.1) is 12.8 Å². The molecule has 0 aliphatic heterocycles. The Hall–Kier alpha value is -2.44. The normalized spacial score (nSPS) is 8.00. The maximum absolute atomic E-state index is 9.64. The van der Waals surface area contributed by atoms with Crippen molar-refractivity contribution in [3.63, 3.8) is 0 Å². The van der Waals surface area contributed by atoms with Gasteiger partial charge in [-0.2, -0.15) is 0 Å². The van der Waals surface area contributed by atoms with Crippen molar-refractivity contribution in [3.05, 3.63) is 20.9 Å². The van der Waals surface area contributed by atoms with Crippen molar-refractivity contribution >= 4 is 11.9 Å². The van der Waals surface area contributed by atoms with E-state index in [0.717, 1.165) is 12.8 Å². The summed E-state index contributed by atoms with van der Waals surface area (Å²) in [6.45, 7) is 0.967. The van der Waals surface area contributed by atoms with Crippen LogP contribution in [0.3, 0.4) is 0 Å². The number of nitrogens with zero attached hydrogens (tertiary/aromatic N) is 6. The Kier molecular flexibility index (Phi) is 14.5. The molecule has 0 aliphatic rings. The van der Waals surface area contributed by atoms with E-state index in [0.29, 0.717) is 13.1 Å². The summed E-state index contributed by atoms with van der Waals surface area (Å²) in [5.74, 6) is -2.15. The van der Waals surface area contributed by atoms with Crippen LogP contribution in [0.5, 0.6) is 0 Å². The lowest BCUT2D eigenvalue weighted by Gasteiger charge is -1.87. The minimum atomic E-state index is -1.08. The van der Waals surface area contributed by atoms with Crippen LogP contribution in [0.25, 0.3) is 20.9 Å². The fraction of sp³-hybridized carbons (Fsp3) is 0.750. The lowest BCUT2D eigenvalue weighted by atomic mass is 10.3. The topological polar surface area (TPSA) is 172 Å². The third-order valence-corrected chi connectivity index (χ3v) is 1.45.